The highest BCUT2D eigenvalue weighted by Crippen LogP contribution is 2.19. The molecule has 0 fully saturated rings. The summed E-state index contributed by atoms with van der Waals surface area (Å²) in [6, 6.07) is 21.9. The van der Waals surface area contributed by atoms with Crippen LogP contribution >= 0.6 is 0 Å². The summed E-state index contributed by atoms with van der Waals surface area (Å²) < 4.78 is 5.76. The van der Waals surface area contributed by atoms with E-state index in [9.17, 15) is 9.59 Å². The standard InChI is InChI=1S/C24H23NO3/c1-16-8-10-19(11-9-16)23(26)18(3)28-21-14-12-20(13-15-21)25-24(27)22-7-5-4-6-17(22)2/h4-15,18H,1-3H3,(H,25,27). The minimum absolute atomic E-state index is 0.0723. The summed E-state index contributed by atoms with van der Waals surface area (Å²) in [6.45, 7) is 5.61. The highest BCUT2D eigenvalue weighted by Gasteiger charge is 2.17. The summed E-state index contributed by atoms with van der Waals surface area (Å²) in [6.07, 6.45) is -0.602. The number of carbonyl (C=O) groups excluding carboxylic acids is 2. The van der Waals surface area contributed by atoms with Crippen molar-refractivity contribution in [1.29, 1.82) is 0 Å². The van der Waals surface area contributed by atoms with Crippen LogP contribution in [0.4, 0.5) is 5.69 Å². The number of benzene rings is 3. The topological polar surface area (TPSA) is 55.4 Å². The molecule has 1 atom stereocenters. The lowest BCUT2D eigenvalue weighted by atomic mass is 10.1. The van der Waals surface area contributed by atoms with E-state index in [1.54, 1.807) is 37.3 Å². The molecule has 3 aromatic rings. The molecule has 0 aliphatic heterocycles. The van der Waals surface area contributed by atoms with Crippen LogP contribution < -0.4 is 10.1 Å². The lowest BCUT2D eigenvalue weighted by molar-refractivity contribution is 0.0818. The summed E-state index contributed by atoms with van der Waals surface area (Å²) in [4.78, 5) is 24.9. The van der Waals surface area contributed by atoms with Crippen molar-refractivity contribution in [3.05, 3.63) is 95.1 Å². The lowest BCUT2D eigenvalue weighted by Gasteiger charge is -2.14. The zero-order valence-corrected chi connectivity index (χ0v) is 16.2. The number of ether oxygens (including phenoxy) is 1. The summed E-state index contributed by atoms with van der Waals surface area (Å²) in [5, 5.41) is 2.87. The molecule has 4 nitrogen and oxygen atoms in total. The fourth-order valence-electron chi connectivity index (χ4n) is 2.85. The molecule has 0 aliphatic carbocycles. The van der Waals surface area contributed by atoms with E-state index < -0.39 is 6.10 Å². The average Bonchev–Trinajstić information content (AvgIpc) is 2.69. The minimum atomic E-state index is -0.602. The number of nitrogens with one attached hydrogen (secondary N) is 1. The SMILES string of the molecule is Cc1ccc(C(=O)C(C)Oc2ccc(NC(=O)c3ccccc3C)cc2)cc1. The van der Waals surface area contributed by atoms with Crippen LogP contribution in [0.25, 0.3) is 0 Å². The number of hydrogen-bond donors (Lipinski definition) is 1. The van der Waals surface area contributed by atoms with Crippen LogP contribution in [0, 0.1) is 13.8 Å². The molecule has 1 amide bonds. The molecule has 28 heavy (non-hydrogen) atoms. The van der Waals surface area contributed by atoms with E-state index in [2.05, 4.69) is 5.32 Å². The number of Topliss-reactive ketones (excluding diaryl/α,β-unsaturated/α-hetero) is 1. The molecular weight excluding hydrogens is 350 g/mol. The van der Waals surface area contributed by atoms with Crippen LogP contribution in [0.3, 0.4) is 0 Å². The van der Waals surface area contributed by atoms with Gasteiger partial charge in [0.25, 0.3) is 5.91 Å². The third-order valence-corrected chi connectivity index (χ3v) is 4.52. The molecule has 0 aromatic heterocycles. The molecule has 0 saturated heterocycles. The normalized spacial score (nSPS) is 11.5. The maximum absolute atomic E-state index is 12.5. The molecule has 0 spiro atoms. The number of rotatable bonds is 6. The van der Waals surface area contributed by atoms with Gasteiger partial charge in [-0.3, -0.25) is 9.59 Å². The van der Waals surface area contributed by atoms with Gasteiger partial charge in [-0.05, 0) is 56.7 Å². The second-order valence-corrected chi connectivity index (χ2v) is 6.78. The van der Waals surface area contributed by atoms with Crippen molar-refractivity contribution in [2.75, 3.05) is 5.32 Å². The van der Waals surface area contributed by atoms with Gasteiger partial charge in [-0.1, -0.05) is 48.0 Å². The first-order valence-electron chi connectivity index (χ1n) is 9.18. The highest BCUT2D eigenvalue weighted by atomic mass is 16.5. The Labute approximate surface area is 165 Å². The predicted octanol–water partition coefficient (Wildman–Crippen LogP) is 5.21. The van der Waals surface area contributed by atoms with Crippen molar-refractivity contribution in [3.63, 3.8) is 0 Å². The van der Waals surface area contributed by atoms with Crippen molar-refractivity contribution in [2.45, 2.75) is 26.9 Å². The van der Waals surface area contributed by atoms with Crippen LogP contribution in [-0.4, -0.2) is 17.8 Å². The van der Waals surface area contributed by atoms with E-state index in [0.717, 1.165) is 11.1 Å². The first-order valence-corrected chi connectivity index (χ1v) is 9.18. The molecular formula is C24H23NO3. The quantitative estimate of drug-likeness (QED) is 0.604. The van der Waals surface area contributed by atoms with Crippen LogP contribution in [0.15, 0.2) is 72.8 Å². The predicted molar refractivity (Wildman–Crippen MR) is 111 cm³/mol. The van der Waals surface area contributed by atoms with Crippen molar-refractivity contribution in [3.8, 4) is 5.75 Å². The van der Waals surface area contributed by atoms with Crippen molar-refractivity contribution >= 4 is 17.4 Å². The second kappa shape index (κ2) is 8.53. The molecule has 0 saturated carbocycles. The smallest absolute Gasteiger partial charge is 0.255 e. The maximum atomic E-state index is 12.5. The Morgan fingerprint density at radius 3 is 2.14 bits per heavy atom. The van der Waals surface area contributed by atoms with E-state index in [4.69, 9.17) is 4.74 Å². The molecule has 4 heteroatoms. The molecule has 1 unspecified atom stereocenters. The molecule has 0 aliphatic rings. The first kappa shape index (κ1) is 19.4. The van der Waals surface area contributed by atoms with E-state index in [1.165, 1.54) is 0 Å². The summed E-state index contributed by atoms with van der Waals surface area (Å²) >= 11 is 0. The second-order valence-electron chi connectivity index (χ2n) is 6.78. The Bertz CT molecular complexity index is 975. The molecule has 3 aromatic carbocycles. The van der Waals surface area contributed by atoms with Gasteiger partial charge >= 0.3 is 0 Å². The summed E-state index contributed by atoms with van der Waals surface area (Å²) in [5.74, 6) is 0.341. The maximum Gasteiger partial charge on any atom is 0.255 e. The number of hydrogen-bond acceptors (Lipinski definition) is 3. The minimum Gasteiger partial charge on any atom is -0.483 e. The van der Waals surface area contributed by atoms with Gasteiger partial charge in [0.2, 0.25) is 5.78 Å². The van der Waals surface area contributed by atoms with Crippen molar-refractivity contribution in [1.82, 2.24) is 0 Å². The van der Waals surface area contributed by atoms with Crippen molar-refractivity contribution < 1.29 is 14.3 Å². The fourth-order valence-corrected chi connectivity index (χ4v) is 2.85. The molecule has 0 heterocycles. The Morgan fingerprint density at radius 1 is 0.857 bits per heavy atom. The van der Waals surface area contributed by atoms with E-state index in [-0.39, 0.29) is 11.7 Å². The van der Waals surface area contributed by atoms with Gasteiger partial charge in [0.05, 0.1) is 0 Å². The Kier molecular flexibility index (Phi) is 5.90. The summed E-state index contributed by atoms with van der Waals surface area (Å²) in [5.41, 5.74) is 3.95. The van der Waals surface area contributed by atoms with Gasteiger partial charge < -0.3 is 10.1 Å². The van der Waals surface area contributed by atoms with E-state index in [1.807, 2.05) is 56.3 Å². The molecule has 142 valence electrons. The molecule has 1 N–H and O–H groups in total. The monoisotopic (exact) mass is 373 g/mol. The third kappa shape index (κ3) is 4.65. The Morgan fingerprint density at radius 2 is 1.50 bits per heavy atom. The van der Waals surface area contributed by atoms with Gasteiger partial charge in [-0.25, -0.2) is 0 Å². The Balaban J connectivity index is 1.62. The number of carbonyl (C=O) groups is 2. The zero-order chi connectivity index (χ0) is 20.1. The fraction of sp³-hybridized carbons (Fsp3) is 0.167. The van der Waals surface area contributed by atoms with Gasteiger partial charge in [0.1, 0.15) is 5.75 Å². The molecule has 0 bridgehead atoms. The zero-order valence-electron chi connectivity index (χ0n) is 16.2. The van der Waals surface area contributed by atoms with Gasteiger partial charge in [0, 0.05) is 16.8 Å². The van der Waals surface area contributed by atoms with E-state index in [0.29, 0.717) is 22.6 Å². The Hall–Kier alpha value is -3.40. The number of anilines is 1. The van der Waals surface area contributed by atoms with Crippen LogP contribution in [0.5, 0.6) is 5.75 Å². The van der Waals surface area contributed by atoms with Gasteiger partial charge in [0.15, 0.2) is 6.10 Å². The first-order chi connectivity index (χ1) is 13.4. The van der Waals surface area contributed by atoms with Crippen LogP contribution in [0.1, 0.15) is 38.8 Å². The van der Waals surface area contributed by atoms with Crippen molar-refractivity contribution in [2.24, 2.45) is 0 Å². The van der Waals surface area contributed by atoms with Gasteiger partial charge in [-0.15, -0.1) is 0 Å². The lowest BCUT2D eigenvalue weighted by Crippen LogP contribution is -2.23. The third-order valence-electron chi connectivity index (χ3n) is 4.52. The molecule has 3 rings (SSSR count). The highest BCUT2D eigenvalue weighted by molar-refractivity contribution is 6.05. The average molecular weight is 373 g/mol. The summed E-state index contributed by atoms with van der Waals surface area (Å²) in [7, 11) is 0. The largest absolute Gasteiger partial charge is 0.483 e. The van der Waals surface area contributed by atoms with Gasteiger partial charge in [-0.2, -0.15) is 0 Å². The van der Waals surface area contributed by atoms with Crippen LogP contribution in [-0.2, 0) is 0 Å². The van der Waals surface area contributed by atoms with E-state index >= 15 is 0 Å². The number of ketones is 1. The number of aryl methyl sites for hydroxylation is 2. The number of amides is 1. The van der Waals surface area contributed by atoms with Crippen LogP contribution in [0.2, 0.25) is 0 Å². The molecule has 0 radical (unpaired) electrons.